The molecule has 20 heavy (non-hydrogen) atoms. The summed E-state index contributed by atoms with van der Waals surface area (Å²) in [7, 11) is 0. The van der Waals surface area contributed by atoms with Gasteiger partial charge in [-0.3, -0.25) is 4.79 Å². The van der Waals surface area contributed by atoms with E-state index in [9.17, 15) is 9.90 Å². The van der Waals surface area contributed by atoms with E-state index in [0.717, 1.165) is 22.4 Å². The predicted octanol–water partition coefficient (Wildman–Crippen LogP) is 3.50. The number of hydrogen-bond acceptors (Lipinski definition) is 2. The Morgan fingerprint density at radius 1 is 1.05 bits per heavy atom. The average Bonchev–Trinajstić information content (AvgIpc) is 2.36. The quantitative estimate of drug-likeness (QED) is 0.896. The fourth-order valence-electron chi connectivity index (χ4n) is 2.36. The molecule has 2 rings (SSSR count). The van der Waals surface area contributed by atoms with Crippen LogP contribution in [0.2, 0.25) is 0 Å². The number of benzene rings is 2. The third-order valence-electron chi connectivity index (χ3n) is 3.24. The highest BCUT2D eigenvalue weighted by Gasteiger charge is 2.09. The Morgan fingerprint density at radius 3 is 2.15 bits per heavy atom. The minimum absolute atomic E-state index is 0.0502. The Bertz CT molecular complexity index is 607. The number of nitrogens with one attached hydrogen (secondary N) is 1. The first-order chi connectivity index (χ1) is 9.45. The molecule has 0 aliphatic rings. The van der Waals surface area contributed by atoms with Gasteiger partial charge in [0.1, 0.15) is 5.75 Å². The number of hydrogen-bond donors (Lipinski definition) is 2. The van der Waals surface area contributed by atoms with Crippen LogP contribution in [0.4, 0.5) is 5.69 Å². The summed E-state index contributed by atoms with van der Waals surface area (Å²) in [5.74, 6) is 0.158. The van der Waals surface area contributed by atoms with Gasteiger partial charge in [-0.1, -0.05) is 29.8 Å². The van der Waals surface area contributed by atoms with E-state index in [1.54, 1.807) is 24.3 Å². The predicted molar refractivity (Wildman–Crippen MR) is 81.1 cm³/mol. The van der Waals surface area contributed by atoms with Crippen LogP contribution >= 0.6 is 0 Å². The fraction of sp³-hybridized carbons (Fsp3) is 0.235. The third kappa shape index (κ3) is 3.38. The Balaban J connectivity index is 2.10. The van der Waals surface area contributed by atoms with Crippen LogP contribution in [0.3, 0.4) is 0 Å². The van der Waals surface area contributed by atoms with Gasteiger partial charge in [0.25, 0.3) is 0 Å². The number of carbonyl (C=O) groups excluding carboxylic acids is 1. The van der Waals surface area contributed by atoms with Crippen LogP contribution in [-0.2, 0) is 11.2 Å². The first kappa shape index (κ1) is 14.1. The molecule has 1 amide bonds. The second-order valence-corrected chi connectivity index (χ2v) is 5.17. The van der Waals surface area contributed by atoms with Gasteiger partial charge >= 0.3 is 0 Å². The van der Waals surface area contributed by atoms with Gasteiger partial charge in [0.15, 0.2) is 0 Å². The van der Waals surface area contributed by atoms with Crippen molar-refractivity contribution in [3.05, 3.63) is 58.7 Å². The number of aromatic hydroxyl groups is 1. The molecule has 0 fully saturated rings. The zero-order valence-corrected chi connectivity index (χ0v) is 12.0. The molecule has 0 aliphatic heterocycles. The molecular weight excluding hydrogens is 250 g/mol. The average molecular weight is 269 g/mol. The van der Waals surface area contributed by atoms with Crippen molar-refractivity contribution >= 4 is 11.6 Å². The second-order valence-electron chi connectivity index (χ2n) is 5.17. The van der Waals surface area contributed by atoms with Crippen LogP contribution in [0.25, 0.3) is 0 Å². The lowest BCUT2D eigenvalue weighted by atomic mass is 10.0. The molecule has 3 heteroatoms. The maximum absolute atomic E-state index is 12.1. The Hall–Kier alpha value is -2.29. The van der Waals surface area contributed by atoms with Gasteiger partial charge in [0.05, 0.1) is 6.42 Å². The summed E-state index contributed by atoms with van der Waals surface area (Å²) in [6, 6.07) is 10.8. The zero-order valence-electron chi connectivity index (χ0n) is 12.0. The summed E-state index contributed by atoms with van der Waals surface area (Å²) >= 11 is 0. The van der Waals surface area contributed by atoms with E-state index < -0.39 is 0 Å². The van der Waals surface area contributed by atoms with Crippen molar-refractivity contribution in [1.29, 1.82) is 0 Å². The molecule has 2 aromatic carbocycles. The fourth-order valence-corrected chi connectivity index (χ4v) is 2.36. The van der Waals surface area contributed by atoms with Crippen LogP contribution in [0.1, 0.15) is 22.3 Å². The minimum atomic E-state index is -0.0502. The zero-order chi connectivity index (χ0) is 14.7. The van der Waals surface area contributed by atoms with Crippen molar-refractivity contribution < 1.29 is 9.90 Å². The first-order valence-electron chi connectivity index (χ1n) is 6.61. The normalized spacial score (nSPS) is 10.3. The molecule has 2 aromatic rings. The SMILES string of the molecule is Cc1cc(C)c(NC(=O)Cc2ccc(O)cc2)c(C)c1. The summed E-state index contributed by atoms with van der Waals surface area (Å²) in [5.41, 5.74) is 5.10. The lowest BCUT2D eigenvalue weighted by molar-refractivity contribution is -0.115. The highest BCUT2D eigenvalue weighted by Crippen LogP contribution is 2.22. The van der Waals surface area contributed by atoms with Crippen molar-refractivity contribution in [2.24, 2.45) is 0 Å². The van der Waals surface area contributed by atoms with Crippen molar-refractivity contribution in [2.75, 3.05) is 5.32 Å². The van der Waals surface area contributed by atoms with Crippen LogP contribution in [0.5, 0.6) is 5.75 Å². The van der Waals surface area contributed by atoms with Gasteiger partial charge < -0.3 is 10.4 Å². The van der Waals surface area contributed by atoms with Gasteiger partial charge in [-0.05, 0) is 49.6 Å². The van der Waals surface area contributed by atoms with Gasteiger partial charge in [0, 0.05) is 5.69 Å². The van der Waals surface area contributed by atoms with Crippen molar-refractivity contribution in [3.63, 3.8) is 0 Å². The summed E-state index contributed by atoms with van der Waals surface area (Å²) in [4.78, 5) is 12.1. The smallest absolute Gasteiger partial charge is 0.228 e. The van der Waals surface area contributed by atoms with Gasteiger partial charge in [-0.25, -0.2) is 0 Å². The van der Waals surface area contributed by atoms with E-state index in [4.69, 9.17) is 0 Å². The van der Waals surface area contributed by atoms with Crippen LogP contribution in [0, 0.1) is 20.8 Å². The van der Waals surface area contributed by atoms with Crippen molar-refractivity contribution in [3.8, 4) is 5.75 Å². The lowest BCUT2D eigenvalue weighted by Crippen LogP contribution is -2.16. The van der Waals surface area contributed by atoms with Gasteiger partial charge in [-0.2, -0.15) is 0 Å². The number of phenolic OH excluding ortho intramolecular Hbond substituents is 1. The van der Waals surface area contributed by atoms with Crippen LogP contribution in [0.15, 0.2) is 36.4 Å². The van der Waals surface area contributed by atoms with Gasteiger partial charge in [-0.15, -0.1) is 0 Å². The monoisotopic (exact) mass is 269 g/mol. The molecular formula is C17H19NO2. The molecule has 0 heterocycles. The molecule has 3 nitrogen and oxygen atoms in total. The number of carbonyl (C=O) groups is 1. The Labute approximate surface area is 119 Å². The van der Waals surface area contributed by atoms with E-state index in [-0.39, 0.29) is 11.7 Å². The number of aryl methyl sites for hydroxylation is 3. The Kier molecular flexibility index (Phi) is 4.08. The molecule has 0 saturated carbocycles. The molecule has 0 saturated heterocycles. The standard InChI is InChI=1S/C17H19NO2/c1-11-8-12(2)17(13(3)9-11)18-16(20)10-14-4-6-15(19)7-5-14/h4-9,19H,10H2,1-3H3,(H,18,20). The number of anilines is 1. The molecule has 104 valence electrons. The summed E-state index contributed by atoms with van der Waals surface area (Å²) in [6.45, 7) is 6.04. The summed E-state index contributed by atoms with van der Waals surface area (Å²) in [5, 5.41) is 12.2. The molecule has 0 radical (unpaired) electrons. The molecule has 0 bridgehead atoms. The van der Waals surface area contributed by atoms with Crippen molar-refractivity contribution in [1.82, 2.24) is 0 Å². The highest BCUT2D eigenvalue weighted by molar-refractivity contribution is 5.93. The van der Waals surface area contributed by atoms with E-state index in [1.807, 2.05) is 20.8 Å². The van der Waals surface area contributed by atoms with Crippen molar-refractivity contribution in [2.45, 2.75) is 27.2 Å². The van der Waals surface area contributed by atoms with E-state index >= 15 is 0 Å². The second kappa shape index (κ2) is 5.78. The number of phenols is 1. The number of rotatable bonds is 3. The first-order valence-corrected chi connectivity index (χ1v) is 6.61. The third-order valence-corrected chi connectivity index (χ3v) is 3.24. The molecule has 0 aromatic heterocycles. The largest absolute Gasteiger partial charge is 0.508 e. The highest BCUT2D eigenvalue weighted by atomic mass is 16.3. The molecule has 0 atom stereocenters. The summed E-state index contributed by atoms with van der Waals surface area (Å²) in [6.07, 6.45) is 0.299. The van der Waals surface area contributed by atoms with E-state index in [2.05, 4.69) is 17.4 Å². The topological polar surface area (TPSA) is 49.3 Å². The maximum atomic E-state index is 12.1. The van der Waals surface area contributed by atoms with Crippen LogP contribution in [-0.4, -0.2) is 11.0 Å². The molecule has 0 unspecified atom stereocenters. The van der Waals surface area contributed by atoms with Crippen LogP contribution < -0.4 is 5.32 Å². The molecule has 0 spiro atoms. The number of amides is 1. The molecule has 2 N–H and O–H groups in total. The lowest BCUT2D eigenvalue weighted by Gasteiger charge is -2.13. The minimum Gasteiger partial charge on any atom is -0.508 e. The van der Waals surface area contributed by atoms with E-state index in [1.165, 1.54) is 5.56 Å². The maximum Gasteiger partial charge on any atom is 0.228 e. The molecule has 0 aliphatic carbocycles. The van der Waals surface area contributed by atoms with E-state index in [0.29, 0.717) is 6.42 Å². The summed E-state index contributed by atoms with van der Waals surface area (Å²) < 4.78 is 0. The Morgan fingerprint density at radius 2 is 1.60 bits per heavy atom. The van der Waals surface area contributed by atoms with Gasteiger partial charge in [0.2, 0.25) is 5.91 Å².